The summed E-state index contributed by atoms with van der Waals surface area (Å²) < 4.78 is 39.0. The van der Waals surface area contributed by atoms with E-state index in [4.69, 9.17) is 0 Å². The highest BCUT2D eigenvalue weighted by Crippen LogP contribution is 2.38. The summed E-state index contributed by atoms with van der Waals surface area (Å²) in [5, 5.41) is 3.19. The van der Waals surface area contributed by atoms with Crippen molar-refractivity contribution in [3.63, 3.8) is 0 Å². The van der Waals surface area contributed by atoms with Gasteiger partial charge in [0.1, 0.15) is 0 Å². The van der Waals surface area contributed by atoms with E-state index in [2.05, 4.69) is 21.2 Å². The van der Waals surface area contributed by atoms with Crippen LogP contribution in [-0.4, -0.2) is 12.2 Å². The third-order valence-electron chi connectivity index (χ3n) is 3.35. The molecule has 1 aromatic carbocycles. The van der Waals surface area contributed by atoms with Crippen LogP contribution in [0.1, 0.15) is 25.7 Å². The van der Waals surface area contributed by atoms with Crippen LogP contribution in [0.2, 0.25) is 0 Å². The van der Waals surface area contributed by atoms with Crippen molar-refractivity contribution in [2.24, 2.45) is 5.92 Å². The maximum absolute atomic E-state index is 12.7. The number of benzene rings is 1. The van der Waals surface area contributed by atoms with Crippen LogP contribution in [0.4, 0.5) is 18.9 Å². The quantitative estimate of drug-likeness (QED) is 0.809. The van der Waals surface area contributed by atoms with Crippen molar-refractivity contribution < 1.29 is 13.2 Å². The molecule has 0 amide bonds. The lowest BCUT2D eigenvalue weighted by Crippen LogP contribution is -2.34. The molecule has 0 bridgehead atoms. The monoisotopic (exact) mass is 321 g/mol. The van der Waals surface area contributed by atoms with E-state index in [1.54, 1.807) is 0 Å². The van der Waals surface area contributed by atoms with Crippen LogP contribution in [-0.2, 0) is 0 Å². The average molecular weight is 322 g/mol. The minimum atomic E-state index is -4.06. The molecule has 2 atom stereocenters. The molecule has 5 heteroatoms. The third kappa shape index (κ3) is 3.64. The first-order valence-corrected chi connectivity index (χ1v) is 6.83. The Morgan fingerprint density at radius 2 is 1.78 bits per heavy atom. The second-order valence-corrected chi connectivity index (χ2v) is 5.67. The largest absolute Gasteiger partial charge is 0.391 e. The second-order valence-electron chi connectivity index (χ2n) is 4.75. The first-order chi connectivity index (χ1) is 8.45. The fourth-order valence-electron chi connectivity index (χ4n) is 2.40. The van der Waals surface area contributed by atoms with Gasteiger partial charge < -0.3 is 5.32 Å². The van der Waals surface area contributed by atoms with E-state index in [0.717, 1.165) is 16.6 Å². The molecule has 1 nitrogen and oxygen atoms in total. The van der Waals surface area contributed by atoms with E-state index in [0.29, 0.717) is 6.42 Å². The molecule has 1 N–H and O–H groups in total. The molecular weight excluding hydrogens is 307 g/mol. The highest BCUT2D eigenvalue weighted by atomic mass is 79.9. The molecule has 100 valence electrons. The highest BCUT2D eigenvalue weighted by Gasteiger charge is 2.42. The third-order valence-corrected chi connectivity index (χ3v) is 3.88. The first-order valence-electron chi connectivity index (χ1n) is 6.04. The molecule has 2 unspecified atom stereocenters. The molecule has 0 aliphatic heterocycles. The Bertz CT molecular complexity index is 388. The molecule has 0 radical (unpaired) electrons. The van der Waals surface area contributed by atoms with Gasteiger partial charge in [0.05, 0.1) is 5.92 Å². The van der Waals surface area contributed by atoms with E-state index in [1.807, 2.05) is 24.3 Å². The summed E-state index contributed by atoms with van der Waals surface area (Å²) in [6, 6.07) is 7.44. The molecule has 18 heavy (non-hydrogen) atoms. The van der Waals surface area contributed by atoms with Crippen LogP contribution in [0.5, 0.6) is 0 Å². The van der Waals surface area contributed by atoms with E-state index in [1.165, 1.54) is 0 Å². The van der Waals surface area contributed by atoms with Crippen molar-refractivity contribution in [1.29, 1.82) is 0 Å². The zero-order chi connectivity index (χ0) is 13.2. The predicted octanol–water partition coefficient (Wildman–Crippen LogP) is 4.98. The molecule has 1 aliphatic carbocycles. The lowest BCUT2D eigenvalue weighted by atomic mass is 9.85. The molecule has 0 aromatic heterocycles. The molecule has 1 fully saturated rings. The van der Waals surface area contributed by atoms with Gasteiger partial charge in [-0.2, -0.15) is 13.2 Å². The molecule has 0 spiro atoms. The van der Waals surface area contributed by atoms with Gasteiger partial charge in [-0.15, -0.1) is 0 Å². The van der Waals surface area contributed by atoms with Gasteiger partial charge >= 0.3 is 6.18 Å². The summed E-state index contributed by atoms with van der Waals surface area (Å²) in [6.07, 6.45) is -2.16. The maximum atomic E-state index is 12.7. The van der Waals surface area contributed by atoms with Crippen LogP contribution in [0, 0.1) is 5.92 Å². The lowest BCUT2D eigenvalue weighted by molar-refractivity contribution is -0.182. The minimum Gasteiger partial charge on any atom is -0.382 e. The summed E-state index contributed by atoms with van der Waals surface area (Å²) in [7, 11) is 0. The number of anilines is 1. The smallest absolute Gasteiger partial charge is 0.382 e. The van der Waals surface area contributed by atoms with Gasteiger partial charge in [0.25, 0.3) is 0 Å². The zero-order valence-electron chi connectivity index (χ0n) is 9.80. The van der Waals surface area contributed by atoms with Gasteiger partial charge in [-0.05, 0) is 43.5 Å². The Balaban J connectivity index is 1.95. The molecule has 0 heterocycles. The highest BCUT2D eigenvalue weighted by molar-refractivity contribution is 9.10. The first kappa shape index (κ1) is 13.7. The van der Waals surface area contributed by atoms with Crippen molar-refractivity contribution in [3.05, 3.63) is 28.7 Å². The fourth-order valence-corrected chi connectivity index (χ4v) is 2.66. The summed E-state index contributed by atoms with van der Waals surface area (Å²) in [4.78, 5) is 0. The number of nitrogens with one attached hydrogen (secondary N) is 1. The molecule has 2 rings (SSSR count). The van der Waals surface area contributed by atoms with Crippen LogP contribution in [0.15, 0.2) is 28.7 Å². The predicted molar refractivity (Wildman–Crippen MR) is 69.6 cm³/mol. The summed E-state index contributed by atoms with van der Waals surface area (Å²) in [6.45, 7) is 0. The van der Waals surface area contributed by atoms with Gasteiger partial charge in [0, 0.05) is 16.2 Å². The lowest BCUT2D eigenvalue weighted by Gasteiger charge is -2.31. The standard InChI is InChI=1S/C13H15BrF3N/c14-10-4-6-11(7-5-10)18-12-3-1-2-9(8-12)13(15,16)17/h4-7,9,12,18H,1-3,8H2. The number of rotatable bonds is 2. The van der Waals surface area contributed by atoms with Gasteiger partial charge in [0.2, 0.25) is 0 Å². The number of halogens is 4. The van der Waals surface area contributed by atoms with Crippen molar-refractivity contribution >= 4 is 21.6 Å². The van der Waals surface area contributed by atoms with Gasteiger partial charge in [-0.25, -0.2) is 0 Å². The molecular formula is C13H15BrF3N. The minimum absolute atomic E-state index is 0.0773. The normalized spacial score (nSPS) is 24.9. The van der Waals surface area contributed by atoms with Gasteiger partial charge in [0.15, 0.2) is 0 Å². The summed E-state index contributed by atoms with van der Waals surface area (Å²) >= 11 is 3.33. The van der Waals surface area contributed by atoms with Crippen LogP contribution >= 0.6 is 15.9 Å². The molecule has 1 aliphatic rings. The summed E-state index contributed by atoms with van der Waals surface area (Å²) in [5.74, 6) is -1.15. The maximum Gasteiger partial charge on any atom is 0.391 e. The van der Waals surface area contributed by atoms with E-state index >= 15 is 0 Å². The van der Waals surface area contributed by atoms with Gasteiger partial charge in [-0.3, -0.25) is 0 Å². The SMILES string of the molecule is FC(F)(F)C1CCCC(Nc2ccc(Br)cc2)C1. The van der Waals surface area contributed by atoms with Crippen LogP contribution < -0.4 is 5.32 Å². The van der Waals surface area contributed by atoms with Crippen molar-refractivity contribution in [3.8, 4) is 0 Å². The van der Waals surface area contributed by atoms with Gasteiger partial charge in [-0.1, -0.05) is 22.4 Å². The Hall–Kier alpha value is -0.710. The van der Waals surface area contributed by atoms with E-state index in [9.17, 15) is 13.2 Å². The molecule has 1 saturated carbocycles. The second kappa shape index (κ2) is 5.51. The van der Waals surface area contributed by atoms with E-state index < -0.39 is 12.1 Å². The number of hydrogen-bond acceptors (Lipinski definition) is 1. The molecule has 1 aromatic rings. The zero-order valence-corrected chi connectivity index (χ0v) is 11.4. The summed E-state index contributed by atoms with van der Waals surface area (Å²) in [5.41, 5.74) is 0.881. The van der Waals surface area contributed by atoms with Crippen molar-refractivity contribution in [2.75, 3.05) is 5.32 Å². The topological polar surface area (TPSA) is 12.0 Å². The number of hydrogen-bond donors (Lipinski definition) is 1. The fraction of sp³-hybridized carbons (Fsp3) is 0.538. The molecule has 0 saturated heterocycles. The Morgan fingerprint density at radius 3 is 2.39 bits per heavy atom. The van der Waals surface area contributed by atoms with E-state index in [-0.39, 0.29) is 18.9 Å². The van der Waals surface area contributed by atoms with Crippen LogP contribution in [0.25, 0.3) is 0 Å². The Morgan fingerprint density at radius 1 is 1.11 bits per heavy atom. The van der Waals surface area contributed by atoms with Crippen LogP contribution in [0.3, 0.4) is 0 Å². The van der Waals surface area contributed by atoms with Crippen molar-refractivity contribution in [2.45, 2.75) is 37.9 Å². The Kier molecular flexibility index (Phi) is 4.20. The number of alkyl halides is 3. The average Bonchev–Trinajstić information content (AvgIpc) is 2.31. The Labute approximate surface area is 113 Å². The van der Waals surface area contributed by atoms with Crippen molar-refractivity contribution in [1.82, 2.24) is 0 Å².